The van der Waals surface area contributed by atoms with Crippen LogP contribution in [0.2, 0.25) is 0 Å². The van der Waals surface area contributed by atoms with Crippen LogP contribution >= 0.6 is 0 Å². The first-order chi connectivity index (χ1) is 6.69. The number of H-pyrrole nitrogens is 1. The summed E-state index contributed by atoms with van der Waals surface area (Å²) in [5, 5.41) is 7.46. The molecule has 0 aliphatic carbocycles. The second-order valence-electron chi connectivity index (χ2n) is 4.12. The van der Waals surface area contributed by atoms with Crippen molar-refractivity contribution < 1.29 is 0 Å². The minimum atomic E-state index is 0.664. The van der Waals surface area contributed by atoms with Gasteiger partial charge in [-0.05, 0) is 37.3 Å². The third kappa shape index (κ3) is 2.58. The van der Waals surface area contributed by atoms with Crippen LogP contribution in [-0.2, 0) is 19.3 Å². The van der Waals surface area contributed by atoms with E-state index in [9.17, 15) is 0 Å². The third-order valence-electron chi connectivity index (χ3n) is 2.38. The number of hydrogen-bond acceptors (Lipinski definition) is 2. The van der Waals surface area contributed by atoms with Crippen molar-refractivity contribution in [2.24, 2.45) is 11.7 Å². The summed E-state index contributed by atoms with van der Waals surface area (Å²) in [6.07, 6.45) is 3.01. The lowest BCUT2D eigenvalue weighted by molar-refractivity contribution is 0.629. The molecule has 1 aromatic rings. The largest absolute Gasteiger partial charge is 0.330 e. The highest BCUT2D eigenvalue weighted by atomic mass is 15.1. The minimum Gasteiger partial charge on any atom is -0.330 e. The van der Waals surface area contributed by atoms with E-state index in [-0.39, 0.29) is 0 Å². The van der Waals surface area contributed by atoms with Crippen LogP contribution in [0.5, 0.6) is 0 Å². The third-order valence-corrected chi connectivity index (χ3v) is 2.38. The van der Waals surface area contributed by atoms with Crippen molar-refractivity contribution in [1.29, 1.82) is 0 Å². The number of nitrogens with zero attached hydrogens (tertiary/aromatic N) is 1. The Bertz CT molecular complexity index is 276. The van der Waals surface area contributed by atoms with Gasteiger partial charge in [0.15, 0.2) is 0 Å². The summed E-state index contributed by atoms with van der Waals surface area (Å²) >= 11 is 0. The fourth-order valence-electron chi connectivity index (χ4n) is 1.75. The molecule has 0 fully saturated rings. The summed E-state index contributed by atoms with van der Waals surface area (Å²) in [5.41, 5.74) is 9.42. The molecule has 3 nitrogen and oxygen atoms in total. The Morgan fingerprint density at radius 3 is 2.64 bits per heavy atom. The summed E-state index contributed by atoms with van der Waals surface area (Å²) in [4.78, 5) is 0. The van der Waals surface area contributed by atoms with Crippen molar-refractivity contribution >= 4 is 0 Å². The van der Waals surface area contributed by atoms with E-state index in [2.05, 4.69) is 31.0 Å². The normalized spacial score (nSPS) is 11.2. The maximum Gasteiger partial charge on any atom is 0.0654 e. The SMILES string of the molecule is CCc1n[nH]c(CC(C)C)c1CCN. The zero-order valence-electron chi connectivity index (χ0n) is 9.43. The summed E-state index contributed by atoms with van der Waals surface area (Å²) in [6, 6.07) is 0. The number of aromatic amines is 1. The Balaban J connectivity index is 2.86. The van der Waals surface area contributed by atoms with Crippen LogP contribution in [0.3, 0.4) is 0 Å². The topological polar surface area (TPSA) is 54.7 Å². The molecule has 3 N–H and O–H groups in total. The number of nitrogens with one attached hydrogen (secondary N) is 1. The first-order valence-corrected chi connectivity index (χ1v) is 5.44. The van der Waals surface area contributed by atoms with Gasteiger partial charge in [-0.15, -0.1) is 0 Å². The first-order valence-electron chi connectivity index (χ1n) is 5.44. The highest BCUT2D eigenvalue weighted by Gasteiger charge is 2.11. The monoisotopic (exact) mass is 195 g/mol. The predicted molar refractivity (Wildman–Crippen MR) is 59.3 cm³/mol. The van der Waals surface area contributed by atoms with Crippen molar-refractivity contribution in [1.82, 2.24) is 10.2 Å². The molecule has 0 amide bonds. The summed E-state index contributed by atoms with van der Waals surface area (Å²) < 4.78 is 0. The maximum atomic E-state index is 5.60. The van der Waals surface area contributed by atoms with Gasteiger partial charge in [0.1, 0.15) is 0 Å². The molecular formula is C11H21N3. The predicted octanol–water partition coefficient (Wildman–Crippen LogP) is 1.67. The van der Waals surface area contributed by atoms with E-state index in [0.29, 0.717) is 12.5 Å². The van der Waals surface area contributed by atoms with E-state index in [1.54, 1.807) is 0 Å². The van der Waals surface area contributed by atoms with Gasteiger partial charge >= 0.3 is 0 Å². The Hall–Kier alpha value is -0.830. The van der Waals surface area contributed by atoms with E-state index >= 15 is 0 Å². The standard InChI is InChI=1S/C11H21N3/c1-4-10-9(5-6-12)11(14-13-10)7-8(2)3/h8H,4-7,12H2,1-3H3,(H,13,14). The zero-order chi connectivity index (χ0) is 10.6. The van der Waals surface area contributed by atoms with Crippen LogP contribution in [0, 0.1) is 5.92 Å². The Morgan fingerprint density at radius 2 is 2.14 bits per heavy atom. The molecule has 0 aliphatic rings. The molecule has 14 heavy (non-hydrogen) atoms. The van der Waals surface area contributed by atoms with Crippen LogP contribution in [0.4, 0.5) is 0 Å². The molecular weight excluding hydrogens is 174 g/mol. The highest BCUT2D eigenvalue weighted by molar-refractivity contribution is 5.26. The van der Waals surface area contributed by atoms with Crippen molar-refractivity contribution in [3.05, 3.63) is 17.0 Å². The van der Waals surface area contributed by atoms with Crippen LogP contribution in [0.25, 0.3) is 0 Å². The van der Waals surface area contributed by atoms with E-state index < -0.39 is 0 Å². The number of nitrogens with two attached hydrogens (primary N) is 1. The molecule has 1 aromatic heterocycles. The Labute approximate surface area is 86.1 Å². The maximum absolute atomic E-state index is 5.60. The average molecular weight is 195 g/mol. The zero-order valence-corrected chi connectivity index (χ0v) is 9.43. The molecule has 80 valence electrons. The minimum absolute atomic E-state index is 0.664. The van der Waals surface area contributed by atoms with Crippen molar-refractivity contribution in [3.8, 4) is 0 Å². The summed E-state index contributed by atoms with van der Waals surface area (Å²) in [5.74, 6) is 0.664. The molecule has 0 aromatic carbocycles. The number of aryl methyl sites for hydroxylation is 1. The van der Waals surface area contributed by atoms with Gasteiger partial charge in [-0.3, -0.25) is 5.10 Å². The average Bonchev–Trinajstić information content (AvgIpc) is 2.48. The van der Waals surface area contributed by atoms with Crippen molar-refractivity contribution in [2.75, 3.05) is 6.54 Å². The molecule has 0 unspecified atom stereocenters. The summed E-state index contributed by atoms with van der Waals surface area (Å²) in [6.45, 7) is 7.28. The highest BCUT2D eigenvalue weighted by Crippen LogP contribution is 2.16. The first kappa shape index (κ1) is 11.2. The van der Waals surface area contributed by atoms with Crippen LogP contribution in [0.1, 0.15) is 37.7 Å². The van der Waals surface area contributed by atoms with Gasteiger partial charge in [0.25, 0.3) is 0 Å². The molecule has 0 bridgehead atoms. The second-order valence-corrected chi connectivity index (χ2v) is 4.12. The van der Waals surface area contributed by atoms with E-state index in [4.69, 9.17) is 5.73 Å². The lowest BCUT2D eigenvalue weighted by atomic mass is 10.0. The Kier molecular flexibility index (Phi) is 4.14. The van der Waals surface area contributed by atoms with E-state index in [1.807, 2.05) is 0 Å². The molecule has 1 heterocycles. The van der Waals surface area contributed by atoms with Gasteiger partial charge in [0, 0.05) is 5.69 Å². The van der Waals surface area contributed by atoms with Gasteiger partial charge < -0.3 is 5.73 Å². The van der Waals surface area contributed by atoms with Gasteiger partial charge in [0.2, 0.25) is 0 Å². The van der Waals surface area contributed by atoms with Gasteiger partial charge in [0.05, 0.1) is 5.69 Å². The lowest BCUT2D eigenvalue weighted by Crippen LogP contribution is -2.07. The van der Waals surface area contributed by atoms with Gasteiger partial charge in [-0.2, -0.15) is 5.10 Å². The van der Waals surface area contributed by atoms with E-state index in [0.717, 1.165) is 19.3 Å². The van der Waals surface area contributed by atoms with Crippen LogP contribution < -0.4 is 5.73 Å². The van der Waals surface area contributed by atoms with Gasteiger partial charge in [-0.25, -0.2) is 0 Å². The quantitative estimate of drug-likeness (QED) is 0.751. The number of rotatable bonds is 5. The number of aromatic nitrogens is 2. The fourth-order valence-corrected chi connectivity index (χ4v) is 1.75. The second kappa shape index (κ2) is 5.15. The molecule has 0 saturated heterocycles. The molecule has 0 radical (unpaired) electrons. The molecule has 0 aliphatic heterocycles. The van der Waals surface area contributed by atoms with Crippen LogP contribution in [-0.4, -0.2) is 16.7 Å². The fraction of sp³-hybridized carbons (Fsp3) is 0.727. The molecule has 3 heteroatoms. The molecule has 1 rings (SSSR count). The number of hydrogen-bond donors (Lipinski definition) is 2. The van der Waals surface area contributed by atoms with E-state index in [1.165, 1.54) is 17.0 Å². The summed E-state index contributed by atoms with van der Waals surface area (Å²) in [7, 11) is 0. The van der Waals surface area contributed by atoms with Gasteiger partial charge in [-0.1, -0.05) is 20.8 Å². The molecule has 0 atom stereocenters. The molecule has 0 saturated carbocycles. The van der Waals surface area contributed by atoms with Crippen LogP contribution in [0.15, 0.2) is 0 Å². The lowest BCUT2D eigenvalue weighted by Gasteiger charge is -2.05. The Morgan fingerprint density at radius 1 is 1.43 bits per heavy atom. The smallest absolute Gasteiger partial charge is 0.0654 e. The molecule has 0 spiro atoms. The van der Waals surface area contributed by atoms with Crippen molar-refractivity contribution in [2.45, 2.75) is 40.0 Å². The van der Waals surface area contributed by atoms with Crippen molar-refractivity contribution in [3.63, 3.8) is 0 Å².